The second kappa shape index (κ2) is 7.64. The van der Waals surface area contributed by atoms with E-state index >= 15 is 0 Å². The maximum absolute atomic E-state index is 13.2. The quantitative estimate of drug-likeness (QED) is 0.374. The van der Waals surface area contributed by atoms with E-state index in [1.54, 1.807) is 12.1 Å². The second-order valence-electron chi connectivity index (χ2n) is 7.74. The van der Waals surface area contributed by atoms with Crippen LogP contribution >= 0.6 is 0 Å². The van der Waals surface area contributed by atoms with Gasteiger partial charge in [0.15, 0.2) is 0 Å². The van der Waals surface area contributed by atoms with E-state index in [0.717, 1.165) is 22.3 Å². The first-order chi connectivity index (χ1) is 14.4. The number of aryl methyl sites for hydroxylation is 3. The molecule has 1 aliphatic rings. The van der Waals surface area contributed by atoms with Crippen LogP contribution in [0.5, 0.6) is 0 Å². The summed E-state index contributed by atoms with van der Waals surface area (Å²) in [6, 6.07) is 21.8. The molecule has 150 valence electrons. The molecule has 1 amide bonds. The molecule has 30 heavy (non-hydrogen) atoms. The molecule has 0 saturated carbocycles. The van der Waals surface area contributed by atoms with E-state index in [-0.39, 0.29) is 11.3 Å². The molecule has 4 nitrogen and oxygen atoms in total. The maximum Gasteiger partial charge on any atom is 0.300 e. The number of nitrogens with zero attached hydrogens (tertiary/aromatic N) is 1. The summed E-state index contributed by atoms with van der Waals surface area (Å²) in [6.07, 6.45) is 0. The lowest BCUT2D eigenvalue weighted by molar-refractivity contribution is -0.132. The first-order valence-corrected chi connectivity index (χ1v) is 9.88. The number of para-hydroxylation sites is 1. The van der Waals surface area contributed by atoms with Crippen molar-refractivity contribution in [3.05, 3.63) is 106 Å². The highest BCUT2D eigenvalue weighted by atomic mass is 16.3. The number of Topliss-reactive ketones (excluding diaryl/α,β-unsaturated/α-hetero) is 1. The lowest BCUT2D eigenvalue weighted by Crippen LogP contribution is -2.29. The maximum atomic E-state index is 13.2. The fourth-order valence-corrected chi connectivity index (χ4v) is 3.98. The number of anilines is 1. The van der Waals surface area contributed by atoms with Crippen LogP contribution in [0.1, 0.15) is 33.9 Å². The normalized spacial score (nSPS) is 18.1. The van der Waals surface area contributed by atoms with Gasteiger partial charge in [0.05, 0.1) is 11.6 Å². The molecule has 3 aromatic carbocycles. The Labute approximate surface area is 176 Å². The summed E-state index contributed by atoms with van der Waals surface area (Å²) in [5, 5.41) is 11.3. The van der Waals surface area contributed by atoms with Gasteiger partial charge in [0, 0.05) is 11.3 Å². The number of benzene rings is 3. The lowest BCUT2D eigenvalue weighted by Gasteiger charge is -2.25. The Kier molecular flexibility index (Phi) is 5.00. The third-order valence-electron chi connectivity index (χ3n) is 5.48. The van der Waals surface area contributed by atoms with Crippen LogP contribution in [0.3, 0.4) is 0 Å². The first kappa shape index (κ1) is 19.6. The van der Waals surface area contributed by atoms with Gasteiger partial charge in [-0.2, -0.15) is 0 Å². The van der Waals surface area contributed by atoms with E-state index in [0.29, 0.717) is 11.3 Å². The van der Waals surface area contributed by atoms with E-state index < -0.39 is 17.7 Å². The summed E-state index contributed by atoms with van der Waals surface area (Å²) in [4.78, 5) is 27.7. The summed E-state index contributed by atoms with van der Waals surface area (Å²) in [5.41, 5.74) is 4.90. The van der Waals surface area contributed by atoms with Crippen LogP contribution in [0.25, 0.3) is 5.76 Å². The monoisotopic (exact) mass is 397 g/mol. The standard InChI is InChI=1S/C26H23NO3/c1-16-8-7-9-19(14-16)23-22(24(28)21-15-17(2)12-13-18(21)3)25(29)26(30)27(23)20-10-5-4-6-11-20/h4-15,23,28H,1-3H3/b24-22+. The topological polar surface area (TPSA) is 57.6 Å². The molecule has 1 saturated heterocycles. The molecule has 0 aromatic heterocycles. The Morgan fingerprint density at radius 3 is 2.23 bits per heavy atom. The Morgan fingerprint density at radius 2 is 1.53 bits per heavy atom. The number of amides is 1. The molecule has 1 N–H and O–H groups in total. The zero-order valence-corrected chi connectivity index (χ0v) is 17.2. The van der Waals surface area contributed by atoms with Crippen LogP contribution in [-0.2, 0) is 9.59 Å². The minimum Gasteiger partial charge on any atom is -0.507 e. The van der Waals surface area contributed by atoms with Gasteiger partial charge in [-0.15, -0.1) is 0 Å². The highest BCUT2D eigenvalue weighted by Gasteiger charge is 2.47. The molecular formula is C26H23NO3. The number of rotatable bonds is 3. The molecule has 1 unspecified atom stereocenters. The molecule has 0 radical (unpaired) electrons. The van der Waals surface area contributed by atoms with Gasteiger partial charge in [0.1, 0.15) is 5.76 Å². The smallest absolute Gasteiger partial charge is 0.300 e. The molecule has 4 rings (SSSR count). The van der Waals surface area contributed by atoms with Crippen molar-refractivity contribution < 1.29 is 14.7 Å². The Balaban J connectivity index is 1.99. The van der Waals surface area contributed by atoms with Crippen molar-refractivity contribution in [3.8, 4) is 0 Å². The number of aliphatic hydroxyl groups is 1. The molecule has 3 aromatic rings. The van der Waals surface area contributed by atoms with Gasteiger partial charge < -0.3 is 5.11 Å². The van der Waals surface area contributed by atoms with Crippen molar-refractivity contribution in [2.75, 3.05) is 4.90 Å². The van der Waals surface area contributed by atoms with Crippen molar-refractivity contribution in [3.63, 3.8) is 0 Å². The molecule has 0 spiro atoms. The molecule has 1 heterocycles. The number of ketones is 1. The van der Waals surface area contributed by atoms with Gasteiger partial charge in [0.2, 0.25) is 0 Å². The van der Waals surface area contributed by atoms with Crippen molar-refractivity contribution in [1.29, 1.82) is 0 Å². The van der Waals surface area contributed by atoms with Gasteiger partial charge in [-0.25, -0.2) is 0 Å². The minimum atomic E-state index is -0.702. The summed E-state index contributed by atoms with van der Waals surface area (Å²) in [6.45, 7) is 5.77. The SMILES string of the molecule is Cc1cccc(C2/C(=C(\O)c3cc(C)ccc3C)C(=O)C(=O)N2c2ccccc2)c1. The third-order valence-corrected chi connectivity index (χ3v) is 5.48. The lowest BCUT2D eigenvalue weighted by atomic mass is 9.92. The number of aliphatic hydroxyl groups excluding tert-OH is 1. The fourth-order valence-electron chi connectivity index (χ4n) is 3.98. The number of hydrogen-bond acceptors (Lipinski definition) is 3. The summed E-state index contributed by atoms with van der Waals surface area (Å²) in [5.74, 6) is -1.46. The van der Waals surface area contributed by atoms with Crippen LogP contribution in [0.15, 0.2) is 78.4 Å². The summed E-state index contributed by atoms with van der Waals surface area (Å²) in [7, 11) is 0. The van der Waals surface area contributed by atoms with Crippen molar-refractivity contribution >= 4 is 23.1 Å². The predicted octanol–water partition coefficient (Wildman–Crippen LogP) is 5.24. The molecule has 0 aliphatic carbocycles. The van der Waals surface area contributed by atoms with Crippen LogP contribution < -0.4 is 4.90 Å². The van der Waals surface area contributed by atoms with Gasteiger partial charge in [0.25, 0.3) is 11.7 Å². The average Bonchev–Trinajstić information content (AvgIpc) is 3.01. The zero-order valence-electron chi connectivity index (χ0n) is 17.2. The third kappa shape index (κ3) is 3.30. The minimum absolute atomic E-state index is 0.114. The molecule has 0 bridgehead atoms. The zero-order chi connectivity index (χ0) is 21.4. The van der Waals surface area contributed by atoms with E-state index in [9.17, 15) is 14.7 Å². The van der Waals surface area contributed by atoms with Crippen LogP contribution in [0.4, 0.5) is 5.69 Å². The van der Waals surface area contributed by atoms with Crippen molar-refractivity contribution in [1.82, 2.24) is 0 Å². The van der Waals surface area contributed by atoms with E-state index in [2.05, 4.69) is 0 Å². The molecule has 4 heteroatoms. The number of carbonyl (C=O) groups excluding carboxylic acids is 2. The summed E-state index contributed by atoms with van der Waals surface area (Å²) >= 11 is 0. The molecule has 1 aliphatic heterocycles. The average molecular weight is 397 g/mol. The van der Waals surface area contributed by atoms with Crippen LogP contribution in [0.2, 0.25) is 0 Å². The number of hydrogen-bond donors (Lipinski definition) is 1. The van der Waals surface area contributed by atoms with Gasteiger partial charge >= 0.3 is 0 Å². The van der Waals surface area contributed by atoms with E-state index in [1.165, 1.54) is 4.90 Å². The van der Waals surface area contributed by atoms with Crippen molar-refractivity contribution in [2.24, 2.45) is 0 Å². The van der Waals surface area contributed by atoms with Gasteiger partial charge in [-0.3, -0.25) is 14.5 Å². The molecular weight excluding hydrogens is 374 g/mol. The van der Waals surface area contributed by atoms with E-state index in [1.807, 2.05) is 81.4 Å². The number of carbonyl (C=O) groups is 2. The van der Waals surface area contributed by atoms with Crippen LogP contribution in [0, 0.1) is 20.8 Å². The van der Waals surface area contributed by atoms with Crippen LogP contribution in [-0.4, -0.2) is 16.8 Å². The van der Waals surface area contributed by atoms with Crippen molar-refractivity contribution in [2.45, 2.75) is 26.8 Å². The van der Waals surface area contributed by atoms with Gasteiger partial charge in [-0.1, -0.05) is 65.7 Å². The Bertz CT molecular complexity index is 1180. The highest BCUT2D eigenvalue weighted by Crippen LogP contribution is 2.42. The molecule has 1 atom stereocenters. The Morgan fingerprint density at radius 1 is 0.833 bits per heavy atom. The Hall–Kier alpha value is -3.66. The van der Waals surface area contributed by atoms with E-state index in [4.69, 9.17) is 0 Å². The van der Waals surface area contributed by atoms with Gasteiger partial charge in [-0.05, 0) is 50.1 Å². The largest absolute Gasteiger partial charge is 0.507 e. The highest BCUT2D eigenvalue weighted by molar-refractivity contribution is 6.51. The summed E-state index contributed by atoms with van der Waals surface area (Å²) < 4.78 is 0. The second-order valence-corrected chi connectivity index (χ2v) is 7.74. The first-order valence-electron chi connectivity index (χ1n) is 9.88. The fraction of sp³-hybridized carbons (Fsp3) is 0.154. The predicted molar refractivity (Wildman–Crippen MR) is 118 cm³/mol. The molecule has 1 fully saturated rings.